The number of nitrogens with zero attached hydrogens (tertiary/aromatic N) is 3. The molecule has 5 heteroatoms. The summed E-state index contributed by atoms with van der Waals surface area (Å²) < 4.78 is 0. The first kappa shape index (κ1) is 13.3. The Morgan fingerprint density at radius 1 is 1.16 bits per heavy atom. The number of aromatic nitrogens is 1. The van der Waals surface area contributed by atoms with Crippen LogP contribution in [-0.4, -0.2) is 53.3 Å². The minimum Gasteiger partial charge on any atom is -0.393 e. The van der Waals surface area contributed by atoms with E-state index < -0.39 is 0 Å². The smallest absolute Gasteiger partial charge is 0.185 e. The highest BCUT2D eigenvalue weighted by Gasteiger charge is 2.28. The Bertz CT molecular complexity index is 407. The van der Waals surface area contributed by atoms with Crippen LogP contribution in [0.25, 0.3) is 0 Å². The molecule has 2 aliphatic heterocycles. The first-order chi connectivity index (χ1) is 9.22. The average molecular weight is 281 g/mol. The second-order valence-corrected chi connectivity index (χ2v) is 6.59. The Balaban J connectivity index is 1.52. The third-order valence-corrected chi connectivity index (χ3v) is 5.38. The van der Waals surface area contributed by atoms with Crippen molar-refractivity contribution < 1.29 is 5.11 Å². The summed E-state index contributed by atoms with van der Waals surface area (Å²) in [7, 11) is 0. The number of piperidine rings is 2. The Kier molecular flexibility index (Phi) is 4.05. The van der Waals surface area contributed by atoms with Crippen molar-refractivity contribution in [3.05, 3.63) is 11.1 Å². The van der Waals surface area contributed by atoms with Crippen molar-refractivity contribution in [1.29, 1.82) is 0 Å². The number of hydrogen-bond donors (Lipinski definition) is 1. The molecule has 1 aromatic rings. The van der Waals surface area contributed by atoms with Gasteiger partial charge in [0.25, 0.3) is 0 Å². The minimum atomic E-state index is -0.0605. The Labute approximate surface area is 119 Å². The maximum Gasteiger partial charge on any atom is 0.185 e. The van der Waals surface area contributed by atoms with Gasteiger partial charge >= 0.3 is 0 Å². The largest absolute Gasteiger partial charge is 0.393 e. The summed E-state index contributed by atoms with van der Waals surface area (Å²) in [5.41, 5.74) is 1.13. The fraction of sp³-hybridized carbons (Fsp3) is 0.786. The highest BCUT2D eigenvalue weighted by Crippen LogP contribution is 2.26. The molecule has 0 aromatic carbocycles. The van der Waals surface area contributed by atoms with E-state index in [1.54, 1.807) is 11.3 Å². The summed E-state index contributed by atoms with van der Waals surface area (Å²) >= 11 is 1.76. The van der Waals surface area contributed by atoms with Gasteiger partial charge in [0.15, 0.2) is 5.13 Å². The van der Waals surface area contributed by atoms with E-state index in [0.717, 1.165) is 44.7 Å². The van der Waals surface area contributed by atoms with E-state index in [1.165, 1.54) is 18.0 Å². The van der Waals surface area contributed by atoms with Gasteiger partial charge in [-0.05, 0) is 32.6 Å². The lowest BCUT2D eigenvalue weighted by molar-refractivity contribution is 0.0542. The van der Waals surface area contributed by atoms with Gasteiger partial charge in [0.1, 0.15) is 0 Å². The molecule has 4 nitrogen and oxygen atoms in total. The van der Waals surface area contributed by atoms with E-state index in [4.69, 9.17) is 0 Å². The molecule has 0 atom stereocenters. The summed E-state index contributed by atoms with van der Waals surface area (Å²) in [5, 5.41) is 12.9. The lowest BCUT2D eigenvalue weighted by Crippen LogP contribution is -2.48. The molecule has 0 aliphatic carbocycles. The molecule has 2 fully saturated rings. The predicted octanol–water partition coefficient (Wildman–Crippen LogP) is 1.88. The molecule has 0 amide bonds. The zero-order chi connectivity index (χ0) is 13.2. The van der Waals surface area contributed by atoms with E-state index >= 15 is 0 Å². The zero-order valence-electron chi connectivity index (χ0n) is 11.6. The van der Waals surface area contributed by atoms with E-state index in [9.17, 15) is 5.11 Å². The summed E-state index contributed by atoms with van der Waals surface area (Å²) in [6.07, 6.45) is 4.30. The standard InChI is InChI=1S/C14H23N3OS/c1-11-10-19-14(15-11)17-6-2-12(3-7-17)16-8-4-13(18)5-9-16/h10,12-13,18H,2-9H2,1H3. The summed E-state index contributed by atoms with van der Waals surface area (Å²) in [4.78, 5) is 9.58. The molecule has 0 saturated carbocycles. The van der Waals surface area contributed by atoms with Crippen LogP contribution in [0.4, 0.5) is 5.13 Å². The maximum absolute atomic E-state index is 9.58. The van der Waals surface area contributed by atoms with Gasteiger partial charge in [0.05, 0.1) is 11.8 Å². The normalized spacial score (nSPS) is 24.0. The van der Waals surface area contributed by atoms with Crippen LogP contribution < -0.4 is 4.90 Å². The van der Waals surface area contributed by atoms with Crippen molar-refractivity contribution in [2.45, 2.75) is 44.8 Å². The van der Waals surface area contributed by atoms with Crippen LogP contribution in [0.1, 0.15) is 31.4 Å². The second kappa shape index (κ2) is 5.77. The number of aliphatic hydroxyl groups excluding tert-OH is 1. The number of aryl methyl sites for hydroxylation is 1. The molecule has 0 unspecified atom stereocenters. The number of thiazole rings is 1. The first-order valence-electron chi connectivity index (χ1n) is 7.31. The van der Waals surface area contributed by atoms with Gasteiger partial charge in [-0.2, -0.15) is 0 Å². The molecular weight excluding hydrogens is 258 g/mol. The van der Waals surface area contributed by atoms with E-state index in [2.05, 4.69) is 27.1 Å². The number of aliphatic hydroxyl groups is 1. The quantitative estimate of drug-likeness (QED) is 0.898. The second-order valence-electron chi connectivity index (χ2n) is 5.76. The van der Waals surface area contributed by atoms with Crippen LogP contribution in [0.5, 0.6) is 0 Å². The predicted molar refractivity (Wildman–Crippen MR) is 78.9 cm³/mol. The van der Waals surface area contributed by atoms with Crippen LogP contribution in [-0.2, 0) is 0 Å². The highest BCUT2D eigenvalue weighted by atomic mass is 32.1. The van der Waals surface area contributed by atoms with Crippen LogP contribution in [0.2, 0.25) is 0 Å². The minimum absolute atomic E-state index is 0.0605. The van der Waals surface area contributed by atoms with Gasteiger partial charge in [0, 0.05) is 37.6 Å². The van der Waals surface area contributed by atoms with Crippen molar-refractivity contribution in [3.8, 4) is 0 Å². The van der Waals surface area contributed by atoms with Crippen molar-refractivity contribution in [2.75, 3.05) is 31.1 Å². The van der Waals surface area contributed by atoms with Crippen LogP contribution >= 0.6 is 11.3 Å². The summed E-state index contributed by atoms with van der Waals surface area (Å²) in [5.74, 6) is 0. The molecule has 2 saturated heterocycles. The number of anilines is 1. The van der Waals surface area contributed by atoms with Crippen molar-refractivity contribution >= 4 is 16.5 Å². The topological polar surface area (TPSA) is 39.6 Å². The molecule has 1 N–H and O–H groups in total. The molecule has 2 aliphatic rings. The van der Waals surface area contributed by atoms with Crippen LogP contribution in [0.15, 0.2) is 5.38 Å². The van der Waals surface area contributed by atoms with Gasteiger partial charge in [0.2, 0.25) is 0 Å². The first-order valence-corrected chi connectivity index (χ1v) is 8.19. The molecule has 19 heavy (non-hydrogen) atoms. The van der Waals surface area contributed by atoms with E-state index in [0.29, 0.717) is 6.04 Å². The lowest BCUT2D eigenvalue weighted by atomic mass is 9.99. The lowest BCUT2D eigenvalue weighted by Gasteiger charge is -2.41. The van der Waals surface area contributed by atoms with Crippen molar-refractivity contribution in [3.63, 3.8) is 0 Å². The molecule has 106 valence electrons. The van der Waals surface area contributed by atoms with Gasteiger partial charge in [-0.25, -0.2) is 4.98 Å². The number of rotatable bonds is 2. The van der Waals surface area contributed by atoms with Crippen molar-refractivity contribution in [2.24, 2.45) is 0 Å². The van der Waals surface area contributed by atoms with Gasteiger partial charge in [-0.15, -0.1) is 11.3 Å². The molecular formula is C14H23N3OS. The monoisotopic (exact) mass is 281 g/mol. The van der Waals surface area contributed by atoms with Crippen molar-refractivity contribution in [1.82, 2.24) is 9.88 Å². The average Bonchev–Trinajstić information content (AvgIpc) is 2.87. The van der Waals surface area contributed by atoms with Gasteiger partial charge in [-0.3, -0.25) is 0 Å². The maximum atomic E-state index is 9.58. The Morgan fingerprint density at radius 2 is 1.84 bits per heavy atom. The summed E-state index contributed by atoms with van der Waals surface area (Å²) in [6.45, 7) is 6.45. The molecule has 3 rings (SSSR count). The Morgan fingerprint density at radius 3 is 2.42 bits per heavy atom. The third kappa shape index (κ3) is 3.09. The van der Waals surface area contributed by atoms with Gasteiger partial charge < -0.3 is 14.9 Å². The fourth-order valence-electron chi connectivity index (χ4n) is 3.16. The number of hydrogen-bond acceptors (Lipinski definition) is 5. The summed E-state index contributed by atoms with van der Waals surface area (Å²) in [6, 6.07) is 0.713. The SMILES string of the molecule is Cc1csc(N2CCC(N3CCC(O)CC3)CC2)n1. The molecule has 0 spiro atoms. The molecule has 1 aromatic heterocycles. The van der Waals surface area contributed by atoms with Crippen LogP contribution in [0.3, 0.4) is 0 Å². The highest BCUT2D eigenvalue weighted by molar-refractivity contribution is 7.13. The zero-order valence-corrected chi connectivity index (χ0v) is 12.4. The molecule has 0 radical (unpaired) electrons. The Hall–Kier alpha value is -0.650. The molecule has 0 bridgehead atoms. The van der Waals surface area contributed by atoms with E-state index in [1.807, 2.05) is 0 Å². The number of likely N-dealkylation sites (tertiary alicyclic amines) is 1. The fourth-order valence-corrected chi connectivity index (χ4v) is 4.02. The van der Waals surface area contributed by atoms with Crippen LogP contribution in [0, 0.1) is 6.92 Å². The third-order valence-electron chi connectivity index (χ3n) is 4.36. The van der Waals surface area contributed by atoms with Gasteiger partial charge in [-0.1, -0.05) is 0 Å². The molecule has 3 heterocycles. The van der Waals surface area contributed by atoms with E-state index in [-0.39, 0.29) is 6.10 Å².